The molecule has 1 aliphatic rings. The van der Waals surface area contributed by atoms with E-state index in [1.807, 2.05) is 0 Å². The van der Waals surface area contributed by atoms with E-state index in [2.05, 4.69) is 0 Å². The van der Waals surface area contributed by atoms with Crippen LogP contribution in [-0.2, 0) is 11.2 Å². The van der Waals surface area contributed by atoms with Crippen molar-refractivity contribution in [3.63, 3.8) is 0 Å². The summed E-state index contributed by atoms with van der Waals surface area (Å²) in [6, 6.07) is 5.06. The lowest BCUT2D eigenvalue weighted by Gasteiger charge is -2.08. The largest absolute Gasteiger partial charge is 0.481 e. The van der Waals surface area contributed by atoms with E-state index < -0.39 is 18.0 Å². The minimum Gasteiger partial charge on any atom is -0.481 e. The molecule has 0 fully saturated rings. The summed E-state index contributed by atoms with van der Waals surface area (Å²) in [5.74, 6) is -1.70. The molecule has 0 spiro atoms. The Kier molecular flexibility index (Phi) is 2.21. The fourth-order valence-electron chi connectivity index (χ4n) is 1.83. The van der Waals surface area contributed by atoms with Crippen molar-refractivity contribution in [3.05, 3.63) is 34.3 Å². The van der Waals surface area contributed by atoms with Gasteiger partial charge in [0.1, 0.15) is 0 Å². The highest BCUT2D eigenvalue weighted by Crippen LogP contribution is 2.37. The van der Waals surface area contributed by atoms with Crippen LogP contribution in [0.2, 0.25) is 5.02 Å². The van der Waals surface area contributed by atoms with Crippen LogP contribution in [0, 0.1) is 5.92 Å². The fraction of sp³-hybridized carbons (Fsp3) is 0.300. The summed E-state index contributed by atoms with van der Waals surface area (Å²) in [5, 5.41) is 19.1. The number of hydrogen-bond acceptors (Lipinski definition) is 2. The first-order valence-corrected chi connectivity index (χ1v) is 4.66. The SMILES string of the molecule is O=C(O)C1Cc2cc(Cl)ccc2C1O. The Morgan fingerprint density at radius 3 is 2.86 bits per heavy atom. The highest BCUT2D eigenvalue weighted by atomic mass is 35.5. The van der Waals surface area contributed by atoms with Gasteiger partial charge in [0.25, 0.3) is 0 Å². The lowest BCUT2D eigenvalue weighted by atomic mass is 10.0. The van der Waals surface area contributed by atoms with E-state index in [1.54, 1.807) is 18.2 Å². The van der Waals surface area contributed by atoms with Crippen molar-refractivity contribution in [3.8, 4) is 0 Å². The third kappa shape index (κ3) is 1.38. The molecule has 0 radical (unpaired) electrons. The van der Waals surface area contributed by atoms with Crippen molar-refractivity contribution in [2.75, 3.05) is 0 Å². The molecule has 1 aromatic rings. The number of benzene rings is 1. The van der Waals surface area contributed by atoms with Crippen LogP contribution in [0.5, 0.6) is 0 Å². The molecule has 2 unspecified atom stereocenters. The monoisotopic (exact) mass is 212 g/mol. The second kappa shape index (κ2) is 3.26. The maximum absolute atomic E-state index is 10.8. The van der Waals surface area contributed by atoms with E-state index in [0.717, 1.165) is 5.56 Å². The second-order valence-corrected chi connectivity index (χ2v) is 3.87. The first kappa shape index (κ1) is 9.49. The second-order valence-electron chi connectivity index (χ2n) is 3.44. The zero-order chi connectivity index (χ0) is 10.3. The van der Waals surface area contributed by atoms with E-state index in [4.69, 9.17) is 16.7 Å². The molecule has 2 N–H and O–H groups in total. The Morgan fingerprint density at radius 2 is 2.21 bits per heavy atom. The van der Waals surface area contributed by atoms with Gasteiger partial charge in [0.05, 0.1) is 12.0 Å². The number of halogens is 1. The summed E-state index contributed by atoms with van der Waals surface area (Å²) in [4.78, 5) is 10.8. The summed E-state index contributed by atoms with van der Waals surface area (Å²) in [5.41, 5.74) is 1.51. The minimum atomic E-state index is -0.968. The van der Waals surface area contributed by atoms with Gasteiger partial charge >= 0.3 is 5.97 Å². The Balaban J connectivity index is 2.40. The topological polar surface area (TPSA) is 57.5 Å². The van der Waals surface area contributed by atoms with Gasteiger partial charge in [0.2, 0.25) is 0 Å². The minimum absolute atomic E-state index is 0.354. The van der Waals surface area contributed by atoms with E-state index in [9.17, 15) is 9.90 Å². The van der Waals surface area contributed by atoms with Crippen molar-refractivity contribution in [1.29, 1.82) is 0 Å². The van der Waals surface area contributed by atoms with Crippen LogP contribution in [0.15, 0.2) is 18.2 Å². The highest BCUT2D eigenvalue weighted by molar-refractivity contribution is 6.30. The van der Waals surface area contributed by atoms with Gasteiger partial charge in [-0.25, -0.2) is 0 Å². The van der Waals surface area contributed by atoms with Crippen LogP contribution >= 0.6 is 11.6 Å². The molecule has 4 heteroatoms. The fourth-order valence-corrected chi connectivity index (χ4v) is 2.02. The molecule has 2 rings (SSSR count). The third-order valence-corrected chi connectivity index (χ3v) is 2.80. The van der Waals surface area contributed by atoms with Crippen molar-refractivity contribution in [1.82, 2.24) is 0 Å². The average molecular weight is 213 g/mol. The van der Waals surface area contributed by atoms with Crippen LogP contribution in [0.4, 0.5) is 0 Å². The van der Waals surface area contributed by atoms with Crippen LogP contribution in [0.3, 0.4) is 0 Å². The Morgan fingerprint density at radius 1 is 1.50 bits per heavy atom. The molecule has 3 nitrogen and oxygen atoms in total. The smallest absolute Gasteiger partial charge is 0.309 e. The molecule has 0 saturated heterocycles. The van der Waals surface area contributed by atoms with Gasteiger partial charge in [-0.05, 0) is 29.7 Å². The standard InChI is InChI=1S/C10H9ClO3/c11-6-1-2-7-5(3-6)4-8(9(7)12)10(13)14/h1-3,8-9,12H,4H2,(H,13,14). The molecule has 0 amide bonds. The van der Waals surface area contributed by atoms with Gasteiger partial charge in [-0.2, -0.15) is 0 Å². The quantitative estimate of drug-likeness (QED) is 0.744. The maximum Gasteiger partial charge on any atom is 0.309 e. The van der Waals surface area contributed by atoms with Gasteiger partial charge in [-0.3, -0.25) is 4.79 Å². The molecule has 14 heavy (non-hydrogen) atoms. The van der Waals surface area contributed by atoms with E-state index in [-0.39, 0.29) is 0 Å². The molecule has 74 valence electrons. The van der Waals surface area contributed by atoms with Crippen LogP contribution in [0.25, 0.3) is 0 Å². The number of aliphatic carboxylic acids is 1. The number of carboxylic acids is 1. The van der Waals surface area contributed by atoms with E-state index in [0.29, 0.717) is 17.0 Å². The van der Waals surface area contributed by atoms with Crippen molar-refractivity contribution in [2.24, 2.45) is 5.92 Å². The van der Waals surface area contributed by atoms with Gasteiger partial charge in [0, 0.05) is 5.02 Å². The number of aliphatic hydroxyl groups is 1. The highest BCUT2D eigenvalue weighted by Gasteiger charge is 2.35. The van der Waals surface area contributed by atoms with Crippen LogP contribution < -0.4 is 0 Å². The molecule has 0 aliphatic heterocycles. The van der Waals surface area contributed by atoms with Gasteiger partial charge in [0.15, 0.2) is 0 Å². The zero-order valence-corrected chi connectivity index (χ0v) is 8.03. The van der Waals surface area contributed by atoms with Crippen LogP contribution in [0.1, 0.15) is 17.2 Å². The van der Waals surface area contributed by atoms with Gasteiger partial charge in [-0.15, -0.1) is 0 Å². The number of hydrogen-bond donors (Lipinski definition) is 2. The molecule has 1 aromatic carbocycles. The van der Waals surface area contributed by atoms with E-state index >= 15 is 0 Å². The zero-order valence-electron chi connectivity index (χ0n) is 7.27. The number of carboxylic acid groups (broad SMARTS) is 1. The maximum atomic E-state index is 10.8. The van der Waals surface area contributed by atoms with Crippen molar-refractivity contribution < 1.29 is 15.0 Å². The Labute approximate surface area is 85.9 Å². The number of carbonyl (C=O) groups is 1. The van der Waals surface area contributed by atoms with Crippen molar-refractivity contribution in [2.45, 2.75) is 12.5 Å². The third-order valence-electron chi connectivity index (χ3n) is 2.56. The van der Waals surface area contributed by atoms with Crippen molar-refractivity contribution >= 4 is 17.6 Å². The molecule has 0 bridgehead atoms. The predicted octanol–water partition coefficient (Wildman–Crippen LogP) is 1.63. The normalized spacial score (nSPS) is 24.7. The lowest BCUT2D eigenvalue weighted by molar-refractivity contribution is -0.145. The summed E-state index contributed by atoms with van der Waals surface area (Å²) < 4.78 is 0. The Bertz CT molecular complexity index is 389. The lowest BCUT2D eigenvalue weighted by Crippen LogP contribution is -2.17. The summed E-state index contributed by atoms with van der Waals surface area (Å²) in [7, 11) is 0. The van der Waals surface area contributed by atoms with E-state index in [1.165, 1.54) is 0 Å². The Hall–Kier alpha value is -1.06. The predicted molar refractivity (Wildman–Crippen MR) is 51.2 cm³/mol. The molecule has 1 aliphatic carbocycles. The average Bonchev–Trinajstić information content (AvgIpc) is 2.43. The number of fused-ring (bicyclic) bond motifs is 1. The first-order valence-electron chi connectivity index (χ1n) is 4.29. The molecule has 2 atom stereocenters. The van der Waals surface area contributed by atoms with Gasteiger partial charge in [-0.1, -0.05) is 17.7 Å². The molecule has 0 saturated carbocycles. The van der Waals surface area contributed by atoms with Gasteiger partial charge < -0.3 is 10.2 Å². The summed E-state index contributed by atoms with van der Waals surface area (Å²) in [6.07, 6.45) is -0.549. The molecular weight excluding hydrogens is 204 g/mol. The number of rotatable bonds is 1. The molecular formula is C10H9ClO3. The summed E-state index contributed by atoms with van der Waals surface area (Å²) in [6.45, 7) is 0. The molecule has 0 heterocycles. The molecule has 0 aromatic heterocycles. The van der Waals surface area contributed by atoms with Crippen LogP contribution in [-0.4, -0.2) is 16.2 Å². The number of aliphatic hydroxyl groups excluding tert-OH is 1. The summed E-state index contributed by atoms with van der Waals surface area (Å²) >= 11 is 5.77. The first-order chi connectivity index (χ1) is 6.59.